The van der Waals surface area contributed by atoms with Crippen molar-refractivity contribution in [2.24, 2.45) is 0 Å². The Morgan fingerprint density at radius 2 is 1.67 bits per heavy atom. The number of methoxy groups -OCH3 is 1. The van der Waals surface area contributed by atoms with E-state index in [2.05, 4.69) is 4.98 Å². The molecule has 0 atom stereocenters. The van der Waals surface area contributed by atoms with Crippen LogP contribution in [-0.2, 0) is 11.2 Å². The molecular formula is C23H18FNO2. The topological polar surface area (TPSA) is 42.1 Å². The average molecular weight is 359 g/mol. The van der Waals surface area contributed by atoms with Crippen molar-refractivity contribution >= 4 is 16.9 Å². The lowest BCUT2D eigenvalue weighted by molar-refractivity contribution is 0.0594. The van der Waals surface area contributed by atoms with Gasteiger partial charge in [-0.15, -0.1) is 0 Å². The molecule has 0 fully saturated rings. The van der Waals surface area contributed by atoms with E-state index in [1.165, 1.54) is 19.2 Å². The normalized spacial score (nSPS) is 10.9. The Kier molecular flexibility index (Phi) is 4.47. The molecule has 4 aromatic rings. The maximum Gasteiger partial charge on any atom is 0.354 e. The minimum atomic E-state index is -0.388. The first kappa shape index (κ1) is 17.0. The summed E-state index contributed by atoms with van der Waals surface area (Å²) >= 11 is 0. The standard InChI is InChI=1S/C23H18FNO2/c1-27-23(26)22-20(13-15-5-3-2-4-6-15)19-12-9-17(14-21(19)25-22)16-7-10-18(24)11-8-16/h2-12,14,25H,13H2,1H3. The molecule has 0 saturated heterocycles. The van der Waals surface area contributed by atoms with E-state index in [9.17, 15) is 9.18 Å². The van der Waals surface area contributed by atoms with Crippen molar-refractivity contribution in [1.29, 1.82) is 0 Å². The van der Waals surface area contributed by atoms with E-state index < -0.39 is 0 Å². The number of hydrogen-bond acceptors (Lipinski definition) is 2. The number of carbonyl (C=O) groups excluding carboxylic acids is 1. The van der Waals surface area contributed by atoms with Gasteiger partial charge in [0.15, 0.2) is 0 Å². The van der Waals surface area contributed by atoms with Crippen LogP contribution in [0.4, 0.5) is 4.39 Å². The van der Waals surface area contributed by atoms with Gasteiger partial charge in [0.1, 0.15) is 11.5 Å². The van der Waals surface area contributed by atoms with Crippen molar-refractivity contribution < 1.29 is 13.9 Å². The molecule has 1 heterocycles. The van der Waals surface area contributed by atoms with Crippen molar-refractivity contribution in [2.75, 3.05) is 7.11 Å². The third-order valence-corrected chi connectivity index (χ3v) is 4.70. The zero-order valence-corrected chi connectivity index (χ0v) is 14.8. The number of halogens is 1. The molecule has 4 heteroatoms. The molecule has 134 valence electrons. The van der Waals surface area contributed by atoms with E-state index >= 15 is 0 Å². The van der Waals surface area contributed by atoms with Crippen LogP contribution in [0.25, 0.3) is 22.0 Å². The molecule has 3 nitrogen and oxygen atoms in total. The molecular weight excluding hydrogens is 341 g/mol. The van der Waals surface area contributed by atoms with Gasteiger partial charge in [0.25, 0.3) is 0 Å². The number of carbonyl (C=O) groups is 1. The second kappa shape index (κ2) is 7.08. The van der Waals surface area contributed by atoms with Crippen LogP contribution in [0.2, 0.25) is 0 Å². The highest BCUT2D eigenvalue weighted by Gasteiger charge is 2.19. The van der Waals surface area contributed by atoms with Crippen LogP contribution in [0.3, 0.4) is 0 Å². The predicted molar refractivity (Wildman–Crippen MR) is 104 cm³/mol. The summed E-state index contributed by atoms with van der Waals surface area (Å²) in [5, 5.41) is 0.977. The number of esters is 1. The van der Waals surface area contributed by atoms with Crippen LogP contribution in [0, 0.1) is 5.82 Å². The maximum atomic E-state index is 13.2. The van der Waals surface area contributed by atoms with Crippen LogP contribution in [0.1, 0.15) is 21.6 Å². The van der Waals surface area contributed by atoms with Crippen molar-refractivity contribution in [2.45, 2.75) is 6.42 Å². The zero-order valence-electron chi connectivity index (χ0n) is 14.8. The number of H-pyrrole nitrogens is 1. The smallest absolute Gasteiger partial charge is 0.354 e. The van der Waals surface area contributed by atoms with Gasteiger partial charge in [-0.2, -0.15) is 0 Å². The Balaban J connectivity index is 1.83. The van der Waals surface area contributed by atoms with Gasteiger partial charge in [-0.05, 0) is 40.5 Å². The minimum absolute atomic E-state index is 0.266. The number of aromatic nitrogens is 1. The van der Waals surface area contributed by atoms with Crippen molar-refractivity contribution in [3.63, 3.8) is 0 Å². The molecule has 1 N–H and O–H groups in total. The molecule has 0 aliphatic heterocycles. The first-order chi connectivity index (χ1) is 13.2. The Morgan fingerprint density at radius 3 is 2.37 bits per heavy atom. The Labute approximate surface area is 156 Å². The summed E-state index contributed by atoms with van der Waals surface area (Å²) in [6.07, 6.45) is 0.626. The van der Waals surface area contributed by atoms with Crippen LogP contribution < -0.4 is 0 Å². The molecule has 3 aromatic carbocycles. The number of rotatable bonds is 4. The highest BCUT2D eigenvalue weighted by atomic mass is 19.1. The monoisotopic (exact) mass is 359 g/mol. The fourth-order valence-electron chi connectivity index (χ4n) is 3.34. The molecule has 0 unspecified atom stereocenters. The highest BCUT2D eigenvalue weighted by molar-refractivity contribution is 5.99. The fourth-order valence-corrected chi connectivity index (χ4v) is 3.34. The third-order valence-electron chi connectivity index (χ3n) is 4.70. The summed E-state index contributed by atoms with van der Waals surface area (Å²) in [4.78, 5) is 15.5. The summed E-state index contributed by atoms with van der Waals surface area (Å²) in [6, 6.07) is 22.3. The molecule has 0 bridgehead atoms. The van der Waals surface area contributed by atoms with Gasteiger partial charge in [-0.1, -0.05) is 54.6 Å². The second-order valence-electron chi connectivity index (χ2n) is 6.40. The molecule has 4 rings (SSSR count). The van der Waals surface area contributed by atoms with Crippen molar-refractivity contribution in [3.8, 4) is 11.1 Å². The van der Waals surface area contributed by atoms with E-state index in [4.69, 9.17) is 4.74 Å². The Bertz CT molecular complexity index is 1100. The fraction of sp³-hybridized carbons (Fsp3) is 0.0870. The van der Waals surface area contributed by atoms with E-state index in [0.717, 1.165) is 33.2 Å². The van der Waals surface area contributed by atoms with Gasteiger partial charge >= 0.3 is 5.97 Å². The number of aromatic amines is 1. The van der Waals surface area contributed by atoms with Gasteiger partial charge in [-0.3, -0.25) is 0 Å². The molecule has 27 heavy (non-hydrogen) atoms. The van der Waals surface area contributed by atoms with Gasteiger partial charge in [0.2, 0.25) is 0 Å². The summed E-state index contributed by atoms with van der Waals surface area (Å²) in [5.41, 5.74) is 5.21. The van der Waals surface area contributed by atoms with Crippen LogP contribution >= 0.6 is 0 Å². The lowest BCUT2D eigenvalue weighted by Gasteiger charge is -2.05. The predicted octanol–water partition coefficient (Wildman–Crippen LogP) is 5.35. The van der Waals surface area contributed by atoms with Crippen molar-refractivity contribution in [3.05, 3.63) is 95.4 Å². The molecule has 0 radical (unpaired) electrons. The van der Waals surface area contributed by atoms with E-state index in [1.54, 1.807) is 12.1 Å². The summed E-state index contributed by atoms with van der Waals surface area (Å²) in [7, 11) is 1.38. The molecule has 0 aliphatic carbocycles. The molecule has 0 aliphatic rings. The third kappa shape index (κ3) is 3.34. The largest absolute Gasteiger partial charge is 0.464 e. The molecule has 0 amide bonds. The van der Waals surface area contributed by atoms with Crippen LogP contribution in [-0.4, -0.2) is 18.1 Å². The van der Waals surface area contributed by atoms with E-state index in [-0.39, 0.29) is 11.8 Å². The van der Waals surface area contributed by atoms with Gasteiger partial charge < -0.3 is 9.72 Å². The lowest BCUT2D eigenvalue weighted by atomic mass is 9.99. The van der Waals surface area contributed by atoms with Gasteiger partial charge in [-0.25, -0.2) is 9.18 Å². The second-order valence-corrected chi connectivity index (χ2v) is 6.40. The molecule has 0 saturated carbocycles. The molecule has 0 spiro atoms. The maximum absolute atomic E-state index is 13.2. The van der Waals surface area contributed by atoms with Gasteiger partial charge in [0.05, 0.1) is 7.11 Å². The van der Waals surface area contributed by atoms with E-state index in [1.807, 2.05) is 48.5 Å². The van der Waals surface area contributed by atoms with Crippen molar-refractivity contribution in [1.82, 2.24) is 4.98 Å². The average Bonchev–Trinajstić information content (AvgIpc) is 3.06. The Morgan fingerprint density at radius 1 is 0.963 bits per heavy atom. The first-order valence-electron chi connectivity index (χ1n) is 8.68. The minimum Gasteiger partial charge on any atom is -0.464 e. The zero-order chi connectivity index (χ0) is 18.8. The summed E-state index contributed by atoms with van der Waals surface area (Å²) in [6.45, 7) is 0. The Hall–Kier alpha value is -3.40. The highest BCUT2D eigenvalue weighted by Crippen LogP contribution is 2.30. The number of hydrogen-bond donors (Lipinski definition) is 1. The van der Waals surface area contributed by atoms with Crippen LogP contribution in [0.5, 0.6) is 0 Å². The number of benzene rings is 3. The summed E-state index contributed by atoms with van der Waals surface area (Å²) < 4.78 is 18.1. The van der Waals surface area contributed by atoms with E-state index in [0.29, 0.717) is 12.1 Å². The lowest BCUT2D eigenvalue weighted by Crippen LogP contribution is -2.05. The first-order valence-corrected chi connectivity index (χ1v) is 8.68. The number of fused-ring (bicyclic) bond motifs is 1. The van der Waals surface area contributed by atoms with Gasteiger partial charge in [0, 0.05) is 17.3 Å². The number of nitrogens with one attached hydrogen (secondary N) is 1. The summed E-state index contributed by atoms with van der Waals surface area (Å²) in [5.74, 6) is -0.654. The number of ether oxygens (including phenoxy) is 1. The van der Waals surface area contributed by atoms with Crippen LogP contribution in [0.15, 0.2) is 72.8 Å². The molecule has 1 aromatic heterocycles. The quantitative estimate of drug-likeness (QED) is 0.499. The SMILES string of the molecule is COC(=O)c1[nH]c2cc(-c3ccc(F)cc3)ccc2c1Cc1ccccc1.